The average Bonchev–Trinajstić information content (AvgIpc) is 2.51. The van der Waals surface area contributed by atoms with Gasteiger partial charge in [-0.1, -0.05) is 0 Å². The van der Waals surface area contributed by atoms with Crippen molar-refractivity contribution < 1.29 is 24.1 Å². The molecule has 1 aliphatic rings. The van der Waals surface area contributed by atoms with Crippen molar-refractivity contribution >= 4 is 7.85 Å². The lowest BCUT2D eigenvalue weighted by molar-refractivity contribution is -0.171. The Morgan fingerprint density at radius 1 is 1.38 bits per heavy atom. The van der Waals surface area contributed by atoms with Crippen LogP contribution in [0.15, 0.2) is 0 Å². The Bertz CT molecular complexity index is 225. The summed E-state index contributed by atoms with van der Waals surface area (Å²) < 4.78 is 21.3. The smallest absolute Gasteiger partial charge is 0.145 e. The van der Waals surface area contributed by atoms with Gasteiger partial charge in [0.2, 0.25) is 0 Å². The lowest BCUT2D eigenvalue weighted by Gasteiger charge is -2.36. The van der Waals surface area contributed by atoms with Crippen LogP contribution in [0.25, 0.3) is 0 Å². The van der Waals surface area contributed by atoms with Gasteiger partial charge in [0.05, 0.1) is 12.7 Å². The van der Waals surface area contributed by atoms with Crippen LogP contribution in [0.3, 0.4) is 0 Å². The lowest BCUT2D eigenvalue weighted by atomic mass is 9.86. The summed E-state index contributed by atoms with van der Waals surface area (Å²) >= 11 is 0. The Balaban J connectivity index is 2.99. The van der Waals surface area contributed by atoms with Crippen molar-refractivity contribution in [2.75, 3.05) is 27.9 Å². The molecule has 5 unspecified atom stereocenters. The number of hydrogen-bond donors (Lipinski definition) is 1. The summed E-state index contributed by atoms with van der Waals surface area (Å²) in [5, 5.41) is 9.87. The van der Waals surface area contributed by atoms with Crippen LogP contribution in [-0.2, 0) is 18.9 Å². The van der Waals surface area contributed by atoms with Crippen molar-refractivity contribution in [3.05, 3.63) is 0 Å². The van der Waals surface area contributed by atoms with E-state index >= 15 is 0 Å². The number of aliphatic hydroxyl groups is 1. The maximum Gasteiger partial charge on any atom is 0.145 e. The topological polar surface area (TPSA) is 57.2 Å². The largest absolute Gasteiger partial charge is 0.390 e. The van der Waals surface area contributed by atoms with E-state index in [1.54, 1.807) is 6.92 Å². The zero-order chi connectivity index (χ0) is 12.3. The molecule has 0 saturated carbocycles. The molecule has 0 spiro atoms. The molecule has 1 N–H and O–H groups in total. The molecule has 1 heterocycles. The van der Waals surface area contributed by atoms with Crippen molar-refractivity contribution in [1.29, 1.82) is 0 Å². The maximum atomic E-state index is 9.87. The third-order valence-corrected chi connectivity index (χ3v) is 3.06. The molecule has 6 heteroatoms. The lowest BCUT2D eigenvalue weighted by Crippen LogP contribution is -2.55. The quantitative estimate of drug-likeness (QED) is 0.633. The summed E-state index contributed by atoms with van der Waals surface area (Å²) in [5.41, 5.74) is -0.983. The first kappa shape index (κ1) is 13.9. The molecule has 0 aromatic heterocycles. The molecule has 0 aliphatic carbocycles. The van der Waals surface area contributed by atoms with Crippen LogP contribution in [0, 0.1) is 0 Å². The van der Waals surface area contributed by atoms with Crippen LogP contribution in [0.5, 0.6) is 0 Å². The molecular formula is C10H19BO5. The highest BCUT2D eigenvalue weighted by Gasteiger charge is 2.57. The second-order valence-corrected chi connectivity index (χ2v) is 4.00. The molecule has 0 aromatic carbocycles. The van der Waals surface area contributed by atoms with Gasteiger partial charge in [-0.05, 0) is 6.92 Å². The van der Waals surface area contributed by atoms with E-state index in [0.29, 0.717) is 0 Å². The normalized spacial score (nSPS) is 41.2. The van der Waals surface area contributed by atoms with Crippen molar-refractivity contribution in [2.45, 2.75) is 36.8 Å². The second kappa shape index (κ2) is 5.47. The minimum atomic E-state index is -0.983. The summed E-state index contributed by atoms with van der Waals surface area (Å²) in [6.45, 7) is 1.81. The Morgan fingerprint density at radius 3 is 2.38 bits per heavy atom. The van der Waals surface area contributed by atoms with Crippen LogP contribution in [-0.4, -0.2) is 70.8 Å². The monoisotopic (exact) mass is 230 g/mol. The van der Waals surface area contributed by atoms with Gasteiger partial charge in [-0.3, -0.25) is 0 Å². The number of rotatable bonds is 5. The van der Waals surface area contributed by atoms with Crippen molar-refractivity contribution in [2.24, 2.45) is 0 Å². The molecule has 92 valence electrons. The van der Waals surface area contributed by atoms with Crippen LogP contribution in [0.2, 0.25) is 0 Å². The van der Waals surface area contributed by atoms with E-state index in [1.165, 1.54) is 21.3 Å². The summed E-state index contributed by atoms with van der Waals surface area (Å²) in [6.07, 6.45) is -1.66. The molecular weight excluding hydrogens is 211 g/mol. The fourth-order valence-corrected chi connectivity index (χ4v) is 2.23. The number of aliphatic hydroxyl groups excluding tert-OH is 1. The molecule has 16 heavy (non-hydrogen) atoms. The molecule has 1 rings (SSSR count). The first-order chi connectivity index (χ1) is 7.53. The molecule has 5 atom stereocenters. The number of ether oxygens (including phenoxy) is 4. The summed E-state index contributed by atoms with van der Waals surface area (Å²) in [6, 6.07) is -0.639. The van der Waals surface area contributed by atoms with E-state index in [-0.39, 0.29) is 6.61 Å². The predicted octanol–water partition coefficient (Wildman–Crippen LogP) is -0.693. The molecule has 2 radical (unpaired) electrons. The van der Waals surface area contributed by atoms with Gasteiger partial charge in [-0.15, -0.1) is 0 Å². The van der Waals surface area contributed by atoms with Crippen molar-refractivity contribution in [1.82, 2.24) is 0 Å². The van der Waals surface area contributed by atoms with Gasteiger partial charge < -0.3 is 24.1 Å². The first-order valence-corrected chi connectivity index (χ1v) is 5.19. The Morgan fingerprint density at radius 2 is 2.00 bits per heavy atom. The number of hydrogen-bond acceptors (Lipinski definition) is 5. The van der Waals surface area contributed by atoms with Crippen LogP contribution in [0.4, 0.5) is 0 Å². The molecule has 0 bridgehead atoms. The Hall–Kier alpha value is -0.135. The van der Waals surface area contributed by atoms with Crippen LogP contribution in [0.1, 0.15) is 6.92 Å². The fraction of sp³-hybridized carbons (Fsp3) is 1.00. The highest BCUT2D eigenvalue weighted by Crippen LogP contribution is 2.36. The van der Waals surface area contributed by atoms with Gasteiger partial charge in [0, 0.05) is 27.3 Å². The number of methoxy groups -OCH3 is 3. The highest BCUT2D eigenvalue weighted by molar-refractivity contribution is 6.11. The zero-order valence-corrected chi connectivity index (χ0v) is 10.2. The third-order valence-electron chi connectivity index (χ3n) is 3.06. The van der Waals surface area contributed by atoms with Crippen molar-refractivity contribution in [3.63, 3.8) is 0 Å². The minimum absolute atomic E-state index is 0.191. The van der Waals surface area contributed by atoms with E-state index in [2.05, 4.69) is 0 Å². The fourth-order valence-electron chi connectivity index (χ4n) is 2.23. The predicted molar refractivity (Wildman–Crippen MR) is 58.5 cm³/mol. The second-order valence-electron chi connectivity index (χ2n) is 4.00. The maximum absolute atomic E-state index is 9.87. The first-order valence-electron chi connectivity index (χ1n) is 5.19. The van der Waals surface area contributed by atoms with E-state index in [1.807, 2.05) is 0 Å². The summed E-state index contributed by atoms with van der Waals surface area (Å²) in [5.74, 6) is 0. The van der Waals surface area contributed by atoms with E-state index in [0.717, 1.165) is 0 Å². The van der Waals surface area contributed by atoms with Crippen LogP contribution < -0.4 is 0 Å². The molecule has 1 fully saturated rings. The van der Waals surface area contributed by atoms with Gasteiger partial charge in [-0.2, -0.15) is 0 Å². The Kier molecular flexibility index (Phi) is 4.76. The van der Waals surface area contributed by atoms with Crippen molar-refractivity contribution in [3.8, 4) is 0 Å². The van der Waals surface area contributed by atoms with E-state index < -0.39 is 29.9 Å². The van der Waals surface area contributed by atoms with Gasteiger partial charge >= 0.3 is 0 Å². The SMILES string of the molecule is [B]C1OC(COC)(C(C)O)C(OC)C1OC. The Labute approximate surface area is 97.4 Å². The third kappa shape index (κ3) is 2.12. The molecule has 0 amide bonds. The summed E-state index contributed by atoms with van der Waals surface area (Å²) in [7, 11) is 10.4. The van der Waals surface area contributed by atoms with Gasteiger partial charge in [0.25, 0.3) is 0 Å². The zero-order valence-electron chi connectivity index (χ0n) is 10.2. The van der Waals surface area contributed by atoms with Gasteiger partial charge in [-0.25, -0.2) is 0 Å². The van der Waals surface area contributed by atoms with E-state index in [4.69, 9.17) is 26.8 Å². The molecule has 1 aliphatic heterocycles. The van der Waals surface area contributed by atoms with Gasteiger partial charge in [0.15, 0.2) is 0 Å². The summed E-state index contributed by atoms with van der Waals surface area (Å²) in [4.78, 5) is 0. The molecule has 5 nitrogen and oxygen atoms in total. The van der Waals surface area contributed by atoms with Gasteiger partial charge in [0.1, 0.15) is 25.7 Å². The minimum Gasteiger partial charge on any atom is -0.390 e. The standard InChI is InChI=1S/C10H19BO5/c1-6(12)10(5-13-2)8(15-4)7(14-3)9(11)16-10/h6-9,12H,5H2,1-4H3. The van der Waals surface area contributed by atoms with E-state index in [9.17, 15) is 5.11 Å². The highest BCUT2D eigenvalue weighted by atomic mass is 16.6. The van der Waals surface area contributed by atoms with Crippen LogP contribution >= 0.6 is 0 Å². The average molecular weight is 230 g/mol. The molecule has 0 aromatic rings. The molecule has 1 saturated heterocycles.